The second-order valence-electron chi connectivity index (χ2n) is 3.45. The van der Waals surface area contributed by atoms with Gasteiger partial charge in [-0.15, -0.1) is 0 Å². The summed E-state index contributed by atoms with van der Waals surface area (Å²) >= 11 is 5.64. The van der Waals surface area contributed by atoms with Gasteiger partial charge in [-0.2, -0.15) is 0 Å². The molecule has 1 unspecified atom stereocenters. The summed E-state index contributed by atoms with van der Waals surface area (Å²) in [5.74, 6) is -0.353. The fourth-order valence-electron chi connectivity index (χ4n) is 1.30. The lowest BCUT2D eigenvalue weighted by Crippen LogP contribution is -2.36. The number of benzene rings is 1. The van der Waals surface area contributed by atoms with Gasteiger partial charge in [0.2, 0.25) is 0 Å². The molecule has 0 aromatic heterocycles. The largest absolute Gasteiger partial charge is 0.395 e. The highest BCUT2D eigenvalue weighted by Crippen LogP contribution is 2.14. The van der Waals surface area contributed by atoms with Gasteiger partial charge in [-0.05, 0) is 12.1 Å². The van der Waals surface area contributed by atoms with E-state index in [1.807, 2.05) is 0 Å². The Labute approximate surface area is 99.2 Å². The molecular formula is C11H15ClFNO2. The number of aliphatic hydroxyl groups excluding tert-OH is 1. The molecule has 0 aliphatic heterocycles. The van der Waals surface area contributed by atoms with Crippen LogP contribution >= 0.6 is 11.6 Å². The molecule has 16 heavy (non-hydrogen) atoms. The number of ether oxygens (including phenoxy) is 1. The molecule has 2 N–H and O–H groups in total. The first kappa shape index (κ1) is 13.4. The monoisotopic (exact) mass is 247 g/mol. The Hall–Kier alpha value is -0.680. The predicted octanol–water partition coefficient (Wildman–Crippen LogP) is 1.58. The first-order chi connectivity index (χ1) is 7.67. The van der Waals surface area contributed by atoms with Crippen LogP contribution in [-0.2, 0) is 11.3 Å². The number of nitrogens with one attached hydrogen (secondary N) is 1. The molecule has 0 radical (unpaired) electrons. The summed E-state index contributed by atoms with van der Waals surface area (Å²) in [6.07, 6.45) is 0. The summed E-state index contributed by atoms with van der Waals surface area (Å²) in [4.78, 5) is 0. The van der Waals surface area contributed by atoms with E-state index in [2.05, 4.69) is 5.32 Å². The van der Waals surface area contributed by atoms with Crippen molar-refractivity contribution < 1.29 is 14.2 Å². The van der Waals surface area contributed by atoms with Crippen molar-refractivity contribution in [2.24, 2.45) is 0 Å². The maximum Gasteiger partial charge on any atom is 0.129 e. The van der Waals surface area contributed by atoms with Gasteiger partial charge in [0.05, 0.1) is 19.3 Å². The number of halogens is 2. The van der Waals surface area contributed by atoms with Gasteiger partial charge in [0.25, 0.3) is 0 Å². The molecule has 90 valence electrons. The molecule has 0 saturated heterocycles. The van der Waals surface area contributed by atoms with E-state index >= 15 is 0 Å². The zero-order chi connectivity index (χ0) is 12.0. The van der Waals surface area contributed by atoms with Crippen molar-refractivity contribution in [3.8, 4) is 0 Å². The van der Waals surface area contributed by atoms with E-state index in [1.165, 1.54) is 6.07 Å². The third-order valence-electron chi connectivity index (χ3n) is 2.18. The molecule has 0 bridgehead atoms. The zero-order valence-electron chi connectivity index (χ0n) is 9.04. The normalized spacial score (nSPS) is 12.8. The minimum Gasteiger partial charge on any atom is -0.395 e. The van der Waals surface area contributed by atoms with Crippen LogP contribution in [0.3, 0.4) is 0 Å². The highest BCUT2D eigenvalue weighted by molar-refractivity contribution is 6.30. The van der Waals surface area contributed by atoms with Crippen LogP contribution in [0.25, 0.3) is 0 Å². The standard InChI is InChI=1S/C11H15ClFNO2/c1-16-7-10(6-15)14-5-8-2-3-9(12)4-11(8)13/h2-4,10,14-15H,5-7H2,1H3. The van der Waals surface area contributed by atoms with Gasteiger partial charge in [0.1, 0.15) is 5.82 Å². The van der Waals surface area contributed by atoms with Gasteiger partial charge < -0.3 is 15.2 Å². The number of hydrogen-bond acceptors (Lipinski definition) is 3. The molecule has 0 amide bonds. The van der Waals surface area contributed by atoms with E-state index in [-0.39, 0.29) is 18.5 Å². The van der Waals surface area contributed by atoms with E-state index < -0.39 is 0 Å². The van der Waals surface area contributed by atoms with Gasteiger partial charge in [0.15, 0.2) is 0 Å². The van der Waals surface area contributed by atoms with Crippen LogP contribution in [0.4, 0.5) is 4.39 Å². The second-order valence-corrected chi connectivity index (χ2v) is 3.89. The maximum atomic E-state index is 13.4. The fourth-order valence-corrected chi connectivity index (χ4v) is 1.46. The Morgan fingerprint density at radius 2 is 2.31 bits per heavy atom. The summed E-state index contributed by atoms with van der Waals surface area (Å²) in [5, 5.41) is 12.4. The number of rotatable bonds is 6. The topological polar surface area (TPSA) is 41.5 Å². The Balaban J connectivity index is 2.53. The maximum absolute atomic E-state index is 13.4. The first-order valence-corrected chi connectivity index (χ1v) is 5.32. The Kier molecular flexibility index (Phi) is 5.69. The van der Waals surface area contributed by atoms with Crippen molar-refractivity contribution in [3.05, 3.63) is 34.6 Å². The Bertz CT molecular complexity index is 336. The highest BCUT2D eigenvalue weighted by atomic mass is 35.5. The van der Waals surface area contributed by atoms with Crippen LogP contribution in [0, 0.1) is 5.82 Å². The zero-order valence-corrected chi connectivity index (χ0v) is 9.80. The van der Waals surface area contributed by atoms with E-state index in [4.69, 9.17) is 21.4 Å². The molecule has 1 aromatic rings. The molecule has 0 aliphatic carbocycles. The fraction of sp³-hybridized carbons (Fsp3) is 0.455. The van der Waals surface area contributed by atoms with Gasteiger partial charge in [0, 0.05) is 24.2 Å². The predicted molar refractivity (Wildman–Crippen MR) is 61.0 cm³/mol. The van der Waals surface area contributed by atoms with Crippen LogP contribution in [0.15, 0.2) is 18.2 Å². The summed E-state index contributed by atoms with van der Waals surface area (Å²) in [6, 6.07) is 4.32. The SMILES string of the molecule is COCC(CO)NCc1ccc(Cl)cc1F. The summed E-state index contributed by atoms with van der Waals surface area (Å²) < 4.78 is 18.3. The van der Waals surface area contributed by atoms with Crippen LogP contribution < -0.4 is 5.32 Å². The Morgan fingerprint density at radius 1 is 1.56 bits per heavy atom. The van der Waals surface area contributed by atoms with Crippen LogP contribution in [0.1, 0.15) is 5.56 Å². The first-order valence-electron chi connectivity index (χ1n) is 4.94. The van der Waals surface area contributed by atoms with Crippen LogP contribution in [0.5, 0.6) is 0 Å². The summed E-state index contributed by atoms with van der Waals surface area (Å²) in [5.41, 5.74) is 0.513. The Morgan fingerprint density at radius 3 is 2.88 bits per heavy atom. The molecule has 1 atom stereocenters. The quantitative estimate of drug-likeness (QED) is 0.802. The van der Waals surface area contributed by atoms with Crippen molar-refractivity contribution in [3.63, 3.8) is 0 Å². The molecule has 0 aliphatic rings. The van der Waals surface area contributed by atoms with E-state index in [0.717, 1.165) is 0 Å². The molecule has 0 heterocycles. The van der Waals surface area contributed by atoms with Crippen molar-refractivity contribution >= 4 is 11.6 Å². The number of aliphatic hydroxyl groups is 1. The molecule has 5 heteroatoms. The van der Waals surface area contributed by atoms with Gasteiger partial charge in [-0.25, -0.2) is 4.39 Å². The molecule has 0 fully saturated rings. The second kappa shape index (κ2) is 6.81. The highest BCUT2D eigenvalue weighted by Gasteiger charge is 2.08. The average molecular weight is 248 g/mol. The summed E-state index contributed by atoms with van der Waals surface area (Å²) in [6.45, 7) is 0.659. The number of hydrogen-bond donors (Lipinski definition) is 2. The minimum absolute atomic E-state index is 0.0525. The van der Waals surface area contributed by atoms with E-state index in [1.54, 1.807) is 19.2 Å². The number of methoxy groups -OCH3 is 1. The van der Waals surface area contributed by atoms with Crippen LogP contribution in [-0.4, -0.2) is 31.5 Å². The van der Waals surface area contributed by atoms with E-state index in [9.17, 15) is 4.39 Å². The molecule has 3 nitrogen and oxygen atoms in total. The molecule has 1 aromatic carbocycles. The summed E-state index contributed by atoms with van der Waals surface area (Å²) in [7, 11) is 1.55. The van der Waals surface area contributed by atoms with Crippen molar-refractivity contribution in [1.82, 2.24) is 5.32 Å². The average Bonchev–Trinajstić information content (AvgIpc) is 2.26. The van der Waals surface area contributed by atoms with Gasteiger partial charge in [-0.1, -0.05) is 17.7 Å². The molecular weight excluding hydrogens is 233 g/mol. The van der Waals surface area contributed by atoms with Crippen LogP contribution in [0.2, 0.25) is 5.02 Å². The lowest BCUT2D eigenvalue weighted by atomic mass is 10.2. The third-order valence-corrected chi connectivity index (χ3v) is 2.42. The van der Waals surface area contributed by atoms with Gasteiger partial charge >= 0.3 is 0 Å². The van der Waals surface area contributed by atoms with Crippen molar-refractivity contribution in [2.75, 3.05) is 20.3 Å². The lowest BCUT2D eigenvalue weighted by Gasteiger charge is -2.15. The molecule has 0 saturated carbocycles. The third kappa shape index (κ3) is 4.06. The van der Waals surface area contributed by atoms with Crippen molar-refractivity contribution in [2.45, 2.75) is 12.6 Å². The molecule has 1 rings (SSSR count). The smallest absolute Gasteiger partial charge is 0.129 e. The minimum atomic E-state index is -0.353. The molecule has 0 spiro atoms. The lowest BCUT2D eigenvalue weighted by molar-refractivity contribution is 0.128. The van der Waals surface area contributed by atoms with Crippen molar-refractivity contribution in [1.29, 1.82) is 0 Å². The van der Waals surface area contributed by atoms with Gasteiger partial charge in [-0.3, -0.25) is 0 Å². The van der Waals surface area contributed by atoms with E-state index in [0.29, 0.717) is 23.7 Å².